The molecule has 1 heterocycles. The van der Waals surface area contributed by atoms with Crippen LogP contribution in [0.15, 0.2) is 24.3 Å². The number of fused-ring (bicyclic) bond motifs is 1. The third-order valence-electron chi connectivity index (χ3n) is 1.70. The van der Waals surface area contributed by atoms with Crippen LogP contribution in [0, 0.1) is 4.91 Å². The van der Waals surface area contributed by atoms with E-state index >= 15 is 0 Å². The summed E-state index contributed by atoms with van der Waals surface area (Å²) in [5, 5.41) is 12.5. The maximum atomic E-state index is 11.1. The Hall–Kier alpha value is -2.11. The Morgan fingerprint density at radius 2 is 2.15 bits per heavy atom. The molecule has 0 atom stereocenters. The van der Waals surface area contributed by atoms with Crippen molar-refractivity contribution in [2.45, 2.75) is 0 Å². The lowest BCUT2D eigenvalue weighted by Crippen LogP contribution is -2.22. The number of nitrogens with zero attached hydrogens (tertiary/aromatic N) is 3. The monoisotopic (exact) mass is 178 g/mol. The van der Waals surface area contributed by atoms with Crippen LogP contribution in [-0.2, 0) is 0 Å². The standard InChI is InChI=1S/C7H6N4O2/c8-7-9-11(13)6-4-2-1-3-5(6)10(7)12/h1-4,12H,(H-,8,9,13). The maximum absolute atomic E-state index is 11.1. The van der Waals surface area contributed by atoms with Gasteiger partial charge in [-0.2, -0.15) is 0 Å². The van der Waals surface area contributed by atoms with Crippen LogP contribution in [0.2, 0.25) is 0 Å². The number of hydrogen-bond donors (Lipinski definition) is 1. The fourth-order valence-corrected chi connectivity index (χ4v) is 1.10. The van der Waals surface area contributed by atoms with Gasteiger partial charge in [-0.25, -0.2) is 4.73 Å². The molecule has 0 saturated carbocycles. The SMILES string of the molecule is [NH-]c1n[n+](=O)c2ccccc2n1O. The second kappa shape index (κ2) is 2.44. The van der Waals surface area contributed by atoms with Crippen molar-refractivity contribution in [2.24, 2.45) is 0 Å². The minimum atomic E-state index is -0.492. The van der Waals surface area contributed by atoms with Gasteiger partial charge >= 0.3 is 0 Å². The van der Waals surface area contributed by atoms with E-state index in [0.29, 0.717) is 9.27 Å². The van der Waals surface area contributed by atoms with Gasteiger partial charge in [-0.1, -0.05) is 17.2 Å². The van der Waals surface area contributed by atoms with Gasteiger partial charge in [0.05, 0.1) is 5.52 Å². The van der Waals surface area contributed by atoms with E-state index in [1.54, 1.807) is 12.1 Å². The van der Waals surface area contributed by atoms with Crippen molar-refractivity contribution in [2.75, 3.05) is 0 Å². The Bertz CT molecular complexity index is 519. The number of aromatic nitrogens is 3. The summed E-state index contributed by atoms with van der Waals surface area (Å²) in [6.07, 6.45) is 0. The Balaban J connectivity index is 3.06. The van der Waals surface area contributed by atoms with Gasteiger partial charge in [-0.15, -0.1) is 0 Å². The smallest absolute Gasteiger partial charge is 0.292 e. The minimum absolute atomic E-state index is 0.223. The highest BCUT2D eigenvalue weighted by Gasteiger charge is 2.06. The first-order chi connectivity index (χ1) is 6.20. The lowest BCUT2D eigenvalue weighted by molar-refractivity contribution is -0.535. The third-order valence-corrected chi connectivity index (χ3v) is 1.70. The fraction of sp³-hybridized carbons (Fsp3) is 0. The molecule has 0 bridgehead atoms. The zero-order chi connectivity index (χ0) is 9.42. The van der Waals surface area contributed by atoms with Crippen molar-refractivity contribution in [3.05, 3.63) is 34.9 Å². The van der Waals surface area contributed by atoms with Crippen LogP contribution in [0.4, 0.5) is 5.95 Å². The van der Waals surface area contributed by atoms with Crippen LogP contribution in [0.3, 0.4) is 0 Å². The van der Waals surface area contributed by atoms with E-state index in [4.69, 9.17) is 5.73 Å². The molecule has 6 heteroatoms. The molecule has 0 aliphatic carbocycles. The van der Waals surface area contributed by atoms with Crippen molar-refractivity contribution >= 4 is 17.0 Å². The van der Waals surface area contributed by atoms with Crippen molar-refractivity contribution in [1.29, 1.82) is 0 Å². The molecule has 0 saturated heterocycles. The van der Waals surface area contributed by atoms with Crippen molar-refractivity contribution in [1.82, 2.24) is 9.83 Å². The highest BCUT2D eigenvalue weighted by atomic mass is 16.5. The molecule has 0 aliphatic heterocycles. The van der Waals surface area contributed by atoms with Gasteiger partial charge in [-0.3, -0.25) is 0 Å². The normalized spacial score (nSPS) is 10.5. The number of hydrogen-bond acceptors (Lipinski definition) is 3. The summed E-state index contributed by atoms with van der Waals surface area (Å²) in [4.78, 5) is 11.1. The van der Waals surface area contributed by atoms with Gasteiger partial charge in [0.25, 0.3) is 5.52 Å². The molecule has 0 radical (unpaired) electrons. The third kappa shape index (κ3) is 0.994. The number of rotatable bonds is 0. The second-order valence-electron chi connectivity index (χ2n) is 2.50. The lowest BCUT2D eigenvalue weighted by atomic mass is 10.3. The van der Waals surface area contributed by atoms with E-state index in [9.17, 15) is 10.1 Å². The number of para-hydroxylation sites is 2. The molecule has 2 N–H and O–H groups in total. The zero-order valence-electron chi connectivity index (χ0n) is 6.51. The fourth-order valence-electron chi connectivity index (χ4n) is 1.10. The average molecular weight is 178 g/mol. The van der Waals surface area contributed by atoms with Gasteiger partial charge in [0.15, 0.2) is 0 Å². The van der Waals surface area contributed by atoms with Crippen LogP contribution >= 0.6 is 0 Å². The summed E-state index contributed by atoms with van der Waals surface area (Å²) in [5.41, 5.74) is 7.61. The highest BCUT2D eigenvalue weighted by molar-refractivity contribution is 5.71. The quantitative estimate of drug-likeness (QED) is 0.479. The van der Waals surface area contributed by atoms with E-state index in [2.05, 4.69) is 5.10 Å². The van der Waals surface area contributed by atoms with E-state index in [1.807, 2.05) is 0 Å². The summed E-state index contributed by atoms with van der Waals surface area (Å²) in [5.74, 6) is -0.492. The summed E-state index contributed by atoms with van der Waals surface area (Å²) in [6, 6.07) is 6.36. The van der Waals surface area contributed by atoms with Gasteiger partial charge in [-0.05, 0) is 6.07 Å². The summed E-state index contributed by atoms with van der Waals surface area (Å²) >= 11 is 0. The van der Waals surface area contributed by atoms with E-state index in [1.165, 1.54) is 12.1 Å². The number of benzene rings is 1. The predicted octanol–water partition coefficient (Wildman–Crippen LogP) is 0.872. The van der Waals surface area contributed by atoms with Gasteiger partial charge in [0.1, 0.15) is 10.5 Å². The molecule has 0 spiro atoms. The van der Waals surface area contributed by atoms with Gasteiger partial charge in [0.2, 0.25) is 0 Å². The van der Waals surface area contributed by atoms with E-state index < -0.39 is 5.95 Å². The first kappa shape index (κ1) is 7.53. The Kier molecular flexibility index (Phi) is 1.42. The Labute approximate surface area is 72.4 Å². The molecule has 13 heavy (non-hydrogen) atoms. The molecule has 0 aliphatic rings. The van der Waals surface area contributed by atoms with Crippen molar-refractivity contribution in [3.63, 3.8) is 0 Å². The van der Waals surface area contributed by atoms with Crippen molar-refractivity contribution in [3.8, 4) is 0 Å². The molecule has 6 nitrogen and oxygen atoms in total. The number of nitrogens with one attached hydrogen (secondary N) is 1. The maximum Gasteiger partial charge on any atom is 0.292 e. The summed E-state index contributed by atoms with van der Waals surface area (Å²) in [7, 11) is 0. The Morgan fingerprint density at radius 1 is 1.46 bits per heavy atom. The molecule has 0 amide bonds. The topological polar surface area (TPSA) is 84.8 Å². The molecular weight excluding hydrogens is 172 g/mol. The second-order valence-corrected chi connectivity index (χ2v) is 2.50. The Morgan fingerprint density at radius 3 is 2.92 bits per heavy atom. The average Bonchev–Trinajstić information content (AvgIpc) is 2.15. The largest absolute Gasteiger partial charge is 0.479 e. The first-order valence-electron chi connectivity index (χ1n) is 3.55. The minimum Gasteiger partial charge on any atom is -0.479 e. The molecule has 1 aromatic carbocycles. The van der Waals surface area contributed by atoms with Crippen molar-refractivity contribution < 1.29 is 9.75 Å². The summed E-state index contributed by atoms with van der Waals surface area (Å²) in [6.45, 7) is 0. The van der Waals surface area contributed by atoms with Crippen LogP contribution < -0.4 is 4.54 Å². The van der Waals surface area contributed by atoms with Crippen LogP contribution in [0.25, 0.3) is 16.8 Å². The van der Waals surface area contributed by atoms with Gasteiger partial charge < -0.3 is 10.9 Å². The molecular formula is C7H6N4O2. The van der Waals surface area contributed by atoms with Crippen LogP contribution in [0.5, 0.6) is 0 Å². The van der Waals surface area contributed by atoms with E-state index in [-0.39, 0.29) is 11.0 Å². The molecule has 1 aromatic heterocycles. The van der Waals surface area contributed by atoms with Gasteiger partial charge in [0, 0.05) is 11.0 Å². The zero-order valence-corrected chi connectivity index (χ0v) is 6.51. The molecule has 2 aromatic rings. The molecule has 66 valence electrons. The first-order valence-corrected chi connectivity index (χ1v) is 3.55. The van der Waals surface area contributed by atoms with Crippen LogP contribution in [-0.4, -0.2) is 15.0 Å². The highest BCUT2D eigenvalue weighted by Crippen LogP contribution is 2.11. The van der Waals surface area contributed by atoms with Crippen LogP contribution in [0.1, 0.15) is 0 Å². The summed E-state index contributed by atoms with van der Waals surface area (Å²) < 4.78 is 0.869. The predicted molar refractivity (Wildman–Crippen MR) is 44.3 cm³/mol. The molecule has 0 fully saturated rings. The molecule has 2 rings (SSSR count). The lowest BCUT2D eigenvalue weighted by Gasteiger charge is -2.06. The van der Waals surface area contributed by atoms with E-state index in [0.717, 1.165) is 0 Å². The molecule has 0 unspecified atom stereocenters.